The van der Waals surface area contributed by atoms with Crippen LogP contribution in [0.25, 0.3) is 0 Å². The van der Waals surface area contributed by atoms with Gasteiger partial charge in [-0.1, -0.05) is 18.2 Å². The van der Waals surface area contributed by atoms with Crippen LogP contribution in [0.4, 0.5) is 10.7 Å². The third-order valence-electron chi connectivity index (χ3n) is 5.64. The van der Waals surface area contributed by atoms with Gasteiger partial charge in [0.15, 0.2) is 5.00 Å². The maximum atomic E-state index is 13.2. The molecule has 0 atom stereocenters. The zero-order chi connectivity index (χ0) is 22.3. The fraction of sp³-hybridized carbons (Fsp3) is 0.360. The summed E-state index contributed by atoms with van der Waals surface area (Å²) in [6.07, 6.45) is 5.70. The molecule has 2 heterocycles. The van der Waals surface area contributed by atoms with Crippen molar-refractivity contribution in [1.29, 1.82) is 5.26 Å². The number of hydrogen-bond acceptors (Lipinski definition) is 7. The molecule has 2 aromatic heterocycles. The van der Waals surface area contributed by atoms with Gasteiger partial charge in [0.2, 0.25) is 5.78 Å². The second kappa shape index (κ2) is 10.8. The van der Waals surface area contributed by atoms with Crippen LogP contribution in [0.2, 0.25) is 0 Å². The average molecular weight is 463 g/mol. The van der Waals surface area contributed by atoms with Crippen molar-refractivity contribution in [3.05, 3.63) is 67.7 Å². The van der Waals surface area contributed by atoms with Crippen LogP contribution in [0.3, 0.4) is 0 Å². The van der Waals surface area contributed by atoms with Crippen LogP contribution in [0, 0.1) is 18.3 Å². The number of aryl methyl sites for hydroxylation is 2. The summed E-state index contributed by atoms with van der Waals surface area (Å²) in [6.45, 7) is 3.61. The van der Waals surface area contributed by atoms with Gasteiger partial charge in [-0.3, -0.25) is 4.79 Å². The highest BCUT2D eigenvalue weighted by Crippen LogP contribution is 2.42. The van der Waals surface area contributed by atoms with Crippen molar-refractivity contribution in [3.8, 4) is 6.07 Å². The lowest BCUT2D eigenvalue weighted by Gasteiger charge is -2.11. The van der Waals surface area contributed by atoms with Crippen molar-refractivity contribution in [3.63, 3.8) is 0 Å². The number of fused-ring (bicyclic) bond motifs is 1. The van der Waals surface area contributed by atoms with Crippen molar-refractivity contribution in [1.82, 2.24) is 5.32 Å². The highest BCUT2D eigenvalue weighted by atomic mass is 32.1. The molecule has 0 bridgehead atoms. The van der Waals surface area contributed by atoms with E-state index in [1.165, 1.54) is 33.8 Å². The van der Waals surface area contributed by atoms with Crippen molar-refractivity contribution < 1.29 is 4.79 Å². The molecule has 4 rings (SSSR count). The minimum Gasteiger partial charge on any atom is -0.315 e. The van der Waals surface area contributed by atoms with Crippen LogP contribution in [-0.4, -0.2) is 18.9 Å². The zero-order valence-corrected chi connectivity index (χ0v) is 19.8. The SMILES string of the molecule is Cc1cc(CCNCCC#N)ccc1N=Nc1sc2c(c1C(=O)c1cccs1)CCCC2. The molecule has 0 fully saturated rings. The largest absolute Gasteiger partial charge is 0.315 e. The topological polar surface area (TPSA) is 77.6 Å². The molecule has 0 unspecified atom stereocenters. The Bertz CT molecular complexity index is 1160. The van der Waals surface area contributed by atoms with Gasteiger partial charge in [-0.15, -0.1) is 32.9 Å². The molecule has 0 amide bonds. The Labute approximate surface area is 196 Å². The third-order valence-corrected chi connectivity index (χ3v) is 7.68. The number of benzene rings is 1. The van der Waals surface area contributed by atoms with Gasteiger partial charge in [0.25, 0.3) is 0 Å². The van der Waals surface area contributed by atoms with Crippen LogP contribution in [0.15, 0.2) is 45.9 Å². The number of hydrogen-bond donors (Lipinski definition) is 1. The lowest BCUT2D eigenvalue weighted by molar-refractivity contribution is 0.104. The summed E-state index contributed by atoms with van der Waals surface area (Å²) in [5.41, 5.74) is 5.06. The summed E-state index contributed by atoms with van der Waals surface area (Å²) >= 11 is 3.11. The minimum atomic E-state index is 0.0734. The Hall–Kier alpha value is -2.66. The Morgan fingerprint density at radius 1 is 1.19 bits per heavy atom. The summed E-state index contributed by atoms with van der Waals surface area (Å²) in [6, 6.07) is 12.2. The maximum absolute atomic E-state index is 13.2. The van der Waals surface area contributed by atoms with Gasteiger partial charge in [-0.05, 0) is 79.8 Å². The first-order chi connectivity index (χ1) is 15.7. The van der Waals surface area contributed by atoms with Crippen molar-refractivity contribution in [2.24, 2.45) is 10.2 Å². The second-order valence-electron chi connectivity index (χ2n) is 7.93. The molecule has 0 saturated heterocycles. The molecule has 5 nitrogen and oxygen atoms in total. The summed E-state index contributed by atoms with van der Waals surface area (Å²) in [5, 5.41) is 23.7. The number of nitriles is 1. The quantitative estimate of drug-likeness (QED) is 0.219. The molecular weight excluding hydrogens is 436 g/mol. The summed E-state index contributed by atoms with van der Waals surface area (Å²) < 4.78 is 0. The van der Waals surface area contributed by atoms with Gasteiger partial charge < -0.3 is 5.32 Å². The van der Waals surface area contributed by atoms with E-state index in [1.807, 2.05) is 30.5 Å². The Morgan fingerprint density at radius 2 is 2.06 bits per heavy atom. The highest BCUT2D eigenvalue weighted by Gasteiger charge is 2.26. The molecule has 0 aliphatic heterocycles. The Balaban J connectivity index is 1.54. The number of thiophene rings is 2. The van der Waals surface area contributed by atoms with Gasteiger partial charge in [0, 0.05) is 17.8 Å². The van der Waals surface area contributed by atoms with Gasteiger partial charge in [-0.25, -0.2) is 0 Å². The number of nitrogens with zero attached hydrogens (tertiary/aromatic N) is 3. The monoisotopic (exact) mass is 462 g/mol. The van der Waals surface area contributed by atoms with E-state index in [-0.39, 0.29) is 5.78 Å². The number of nitrogens with one attached hydrogen (secondary N) is 1. The molecule has 1 aliphatic carbocycles. The number of rotatable bonds is 9. The van der Waals surface area contributed by atoms with Crippen LogP contribution < -0.4 is 5.32 Å². The predicted molar refractivity (Wildman–Crippen MR) is 131 cm³/mol. The molecule has 0 spiro atoms. The van der Waals surface area contributed by atoms with Gasteiger partial charge in [0.05, 0.1) is 22.2 Å². The van der Waals surface area contributed by atoms with Crippen molar-refractivity contribution in [2.45, 2.75) is 45.4 Å². The maximum Gasteiger partial charge on any atom is 0.206 e. The average Bonchev–Trinajstić information content (AvgIpc) is 3.46. The van der Waals surface area contributed by atoms with E-state index in [0.29, 0.717) is 6.42 Å². The highest BCUT2D eigenvalue weighted by molar-refractivity contribution is 7.17. The smallest absolute Gasteiger partial charge is 0.206 e. The van der Waals surface area contributed by atoms with Crippen LogP contribution >= 0.6 is 22.7 Å². The first kappa shape index (κ1) is 22.5. The van der Waals surface area contributed by atoms with E-state index in [0.717, 1.165) is 65.5 Å². The molecular formula is C25H26N4OS2. The second-order valence-corrected chi connectivity index (χ2v) is 9.96. The molecule has 3 aromatic rings. The van der Waals surface area contributed by atoms with E-state index < -0.39 is 0 Å². The normalized spacial score (nSPS) is 13.2. The molecule has 164 valence electrons. The van der Waals surface area contributed by atoms with Gasteiger partial charge in [-0.2, -0.15) is 5.26 Å². The Kier molecular flexibility index (Phi) is 7.59. The van der Waals surface area contributed by atoms with Gasteiger partial charge in [0.1, 0.15) is 0 Å². The van der Waals surface area contributed by atoms with Gasteiger partial charge >= 0.3 is 0 Å². The lowest BCUT2D eigenvalue weighted by atomic mass is 9.93. The van der Waals surface area contributed by atoms with Crippen molar-refractivity contribution in [2.75, 3.05) is 13.1 Å². The standard InChI is InChI=1S/C25H26N4OS2/c1-17-16-18(11-14-27-13-5-12-26)9-10-20(17)28-29-25-23(24(30)22-8-4-15-31-22)19-6-2-3-7-21(19)32-25/h4,8-10,15-16,27H,2-3,5-7,11,13-14H2,1H3. The molecule has 32 heavy (non-hydrogen) atoms. The number of carbonyl (C=O) groups excluding carboxylic acids is 1. The summed E-state index contributed by atoms with van der Waals surface area (Å²) in [5.74, 6) is 0.0734. The third kappa shape index (κ3) is 5.21. The summed E-state index contributed by atoms with van der Waals surface area (Å²) in [7, 11) is 0. The number of carbonyl (C=O) groups is 1. The molecule has 1 aromatic carbocycles. The van der Waals surface area contributed by atoms with E-state index in [4.69, 9.17) is 5.26 Å². The van der Waals surface area contributed by atoms with Crippen LogP contribution in [0.1, 0.15) is 56.1 Å². The first-order valence-corrected chi connectivity index (χ1v) is 12.7. The molecule has 7 heteroatoms. The lowest BCUT2D eigenvalue weighted by Crippen LogP contribution is -2.18. The van der Waals surface area contributed by atoms with E-state index in [9.17, 15) is 4.79 Å². The predicted octanol–water partition coefficient (Wildman–Crippen LogP) is 6.69. The fourth-order valence-electron chi connectivity index (χ4n) is 3.97. The molecule has 0 saturated carbocycles. The molecule has 1 N–H and O–H groups in total. The van der Waals surface area contributed by atoms with Crippen LogP contribution in [-0.2, 0) is 19.3 Å². The van der Waals surface area contributed by atoms with E-state index >= 15 is 0 Å². The number of ketones is 1. The van der Waals surface area contributed by atoms with E-state index in [1.54, 1.807) is 11.3 Å². The summed E-state index contributed by atoms with van der Waals surface area (Å²) in [4.78, 5) is 15.3. The van der Waals surface area contributed by atoms with E-state index in [2.05, 4.69) is 33.7 Å². The zero-order valence-electron chi connectivity index (χ0n) is 18.2. The van der Waals surface area contributed by atoms with Crippen molar-refractivity contribution >= 4 is 39.1 Å². The molecule has 0 radical (unpaired) electrons. The fourth-order valence-corrected chi connectivity index (χ4v) is 5.85. The number of azo groups is 1. The minimum absolute atomic E-state index is 0.0734. The molecule has 1 aliphatic rings. The Morgan fingerprint density at radius 3 is 2.84 bits per heavy atom. The first-order valence-electron chi connectivity index (χ1n) is 11.0. The van der Waals surface area contributed by atoms with Crippen LogP contribution in [0.5, 0.6) is 0 Å².